The number of halogens is 1. The van der Waals surface area contributed by atoms with Crippen LogP contribution in [0.5, 0.6) is 5.75 Å². The summed E-state index contributed by atoms with van der Waals surface area (Å²) in [6, 6.07) is 14.7. The molecular formula is C25H23FN2O6S. The van der Waals surface area contributed by atoms with Crippen LogP contribution in [0.2, 0.25) is 0 Å². The molecule has 10 heteroatoms. The van der Waals surface area contributed by atoms with Gasteiger partial charge in [-0.25, -0.2) is 12.8 Å². The molecule has 1 aliphatic rings. The Balaban J connectivity index is 1.83. The van der Waals surface area contributed by atoms with Crippen molar-refractivity contribution >= 4 is 27.6 Å². The molecule has 0 saturated carbocycles. The first-order valence-corrected chi connectivity index (χ1v) is 12.1. The molecule has 0 saturated heterocycles. The minimum absolute atomic E-state index is 0.0652. The van der Waals surface area contributed by atoms with Crippen molar-refractivity contribution in [3.05, 3.63) is 89.2 Å². The molecule has 3 aromatic carbocycles. The maximum absolute atomic E-state index is 14.2. The molecule has 8 nitrogen and oxygen atoms in total. The highest BCUT2D eigenvalue weighted by Gasteiger charge is 2.42. The maximum Gasteiger partial charge on any atom is 0.323 e. The summed E-state index contributed by atoms with van der Waals surface area (Å²) in [5.74, 6) is -2.16. The molecule has 1 unspecified atom stereocenters. The number of benzene rings is 3. The van der Waals surface area contributed by atoms with Gasteiger partial charge in [-0.3, -0.25) is 9.59 Å². The van der Waals surface area contributed by atoms with Gasteiger partial charge in [-0.2, -0.15) is 4.31 Å². The van der Waals surface area contributed by atoms with E-state index in [1.54, 1.807) is 24.3 Å². The highest BCUT2D eigenvalue weighted by atomic mass is 32.2. The molecule has 0 bridgehead atoms. The van der Waals surface area contributed by atoms with Crippen LogP contribution in [0, 0.1) is 12.7 Å². The van der Waals surface area contributed by atoms with E-state index in [0.717, 1.165) is 4.31 Å². The Morgan fingerprint density at radius 3 is 2.37 bits per heavy atom. The summed E-state index contributed by atoms with van der Waals surface area (Å²) < 4.78 is 47.3. The Labute approximate surface area is 202 Å². The zero-order valence-corrected chi connectivity index (χ0v) is 19.8. The standard InChI is InChI=1S/C25H23FN2O6S/c1-16-20(7-5-8-21(16)26)24(29)27-15-23(25(30)31)28(14-17-6-3-4-9-22(17)27)35(32,33)19-12-10-18(34-2)11-13-19/h3-13,23H,14-15H2,1-2H3,(H,30,31). The first kappa shape index (κ1) is 24.4. The minimum Gasteiger partial charge on any atom is -0.497 e. The van der Waals surface area contributed by atoms with Gasteiger partial charge in [0.1, 0.15) is 17.6 Å². The van der Waals surface area contributed by atoms with Crippen LogP contribution in [-0.2, 0) is 21.4 Å². The molecule has 0 aromatic heterocycles. The lowest BCUT2D eigenvalue weighted by atomic mass is 10.1. The number of para-hydroxylation sites is 1. The lowest BCUT2D eigenvalue weighted by Gasteiger charge is -2.28. The summed E-state index contributed by atoms with van der Waals surface area (Å²) in [4.78, 5) is 27.0. The monoisotopic (exact) mass is 498 g/mol. The average molecular weight is 499 g/mol. The maximum atomic E-state index is 14.2. The van der Waals surface area contributed by atoms with Crippen LogP contribution in [-0.4, -0.2) is 49.4 Å². The number of carbonyl (C=O) groups excluding carboxylic acids is 1. The van der Waals surface area contributed by atoms with E-state index in [0.29, 0.717) is 17.0 Å². The zero-order chi connectivity index (χ0) is 25.3. The second kappa shape index (κ2) is 9.47. The molecule has 1 N–H and O–H groups in total. The van der Waals surface area contributed by atoms with E-state index in [9.17, 15) is 27.5 Å². The van der Waals surface area contributed by atoms with Crippen LogP contribution in [0.25, 0.3) is 0 Å². The summed E-state index contributed by atoms with van der Waals surface area (Å²) in [6.45, 7) is 0.728. The van der Waals surface area contributed by atoms with E-state index in [4.69, 9.17) is 4.74 Å². The van der Waals surface area contributed by atoms with Gasteiger partial charge >= 0.3 is 5.97 Å². The smallest absolute Gasteiger partial charge is 0.323 e. The highest BCUT2D eigenvalue weighted by molar-refractivity contribution is 7.89. The van der Waals surface area contributed by atoms with Crippen molar-refractivity contribution in [3.63, 3.8) is 0 Å². The van der Waals surface area contributed by atoms with Crippen LogP contribution in [0.15, 0.2) is 71.6 Å². The number of rotatable bonds is 5. The number of ether oxygens (including phenoxy) is 1. The van der Waals surface area contributed by atoms with Gasteiger partial charge in [0.2, 0.25) is 10.0 Å². The van der Waals surface area contributed by atoms with Crippen LogP contribution in [0.1, 0.15) is 21.5 Å². The second-order valence-corrected chi connectivity index (χ2v) is 9.93. The lowest BCUT2D eigenvalue weighted by molar-refractivity contribution is -0.141. The Bertz CT molecular complexity index is 1390. The topological polar surface area (TPSA) is 104 Å². The van der Waals surface area contributed by atoms with Gasteiger partial charge in [0, 0.05) is 17.8 Å². The van der Waals surface area contributed by atoms with E-state index in [2.05, 4.69) is 0 Å². The van der Waals surface area contributed by atoms with Gasteiger partial charge < -0.3 is 14.7 Å². The van der Waals surface area contributed by atoms with Crippen LogP contribution < -0.4 is 9.64 Å². The summed E-state index contributed by atoms with van der Waals surface area (Å²) in [5.41, 5.74) is 0.986. The van der Waals surface area contributed by atoms with E-state index in [1.807, 2.05) is 0 Å². The number of fused-ring (bicyclic) bond motifs is 1. The summed E-state index contributed by atoms with van der Waals surface area (Å²) in [6.07, 6.45) is 0. The van der Waals surface area contributed by atoms with Crippen molar-refractivity contribution in [1.82, 2.24) is 4.31 Å². The van der Waals surface area contributed by atoms with Crippen molar-refractivity contribution in [2.75, 3.05) is 18.6 Å². The number of hydrogen-bond acceptors (Lipinski definition) is 5. The van der Waals surface area contributed by atoms with Crippen LogP contribution >= 0.6 is 0 Å². The number of carbonyl (C=O) groups is 2. The molecule has 182 valence electrons. The molecule has 1 heterocycles. The SMILES string of the molecule is COc1ccc(S(=O)(=O)N2Cc3ccccc3N(C(=O)c3cccc(F)c3C)CC2C(=O)O)cc1. The minimum atomic E-state index is -4.28. The quantitative estimate of drug-likeness (QED) is 0.578. The summed E-state index contributed by atoms with van der Waals surface area (Å²) in [7, 11) is -2.83. The number of aliphatic carboxylic acids is 1. The molecule has 4 rings (SSSR count). The van der Waals surface area contributed by atoms with Gasteiger partial charge in [-0.15, -0.1) is 0 Å². The first-order valence-electron chi connectivity index (χ1n) is 10.7. The third-order valence-electron chi connectivity index (χ3n) is 6.01. The predicted octanol–water partition coefficient (Wildman–Crippen LogP) is 3.45. The molecular weight excluding hydrogens is 475 g/mol. The van der Waals surface area contributed by atoms with Crippen LogP contribution in [0.3, 0.4) is 0 Å². The Morgan fingerprint density at radius 2 is 1.71 bits per heavy atom. The largest absolute Gasteiger partial charge is 0.497 e. The van der Waals surface area contributed by atoms with Crippen molar-refractivity contribution < 1.29 is 32.2 Å². The predicted molar refractivity (Wildman–Crippen MR) is 126 cm³/mol. The van der Waals surface area contributed by atoms with Gasteiger partial charge in [-0.1, -0.05) is 24.3 Å². The molecule has 1 amide bonds. The third kappa shape index (κ3) is 4.50. The van der Waals surface area contributed by atoms with Crippen LogP contribution in [0.4, 0.5) is 10.1 Å². The molecule has 0 radical (unpaired) electrons. The normalized spacial score (nSPS) is 16.3. The molecule has 3 aromatic rings. The van der Waals surface area contributed by atoms with E-state index < -0.39 is 40.3 Å². The van der Waals surface area contributed by atoms with E-state index in [1.165, 1.54) is 61.4 Å². The molecule has 0 fully saturated rings. The van der Waals surface area contributed by atoms with Crippen molar-refractivity contribution in [1.29, 1.82) is 0 Å². The number of anilines is 1. The van der Waals surface area contributed by atoms with Crippen molar-refractivity contribution in [2.45, 2.75) is 24.4 Å². The summed E-state index contributed by atoms with van der Waals surface area (Å²) >= 11 is 0. The molecule has 1 atom stereocenters. The summed E-state index contributed by atoms with van der Waals surface area (Å²) in [5, 5.41) is 10.0. The third-order valence-corrected chi connectivity index (χ3v) is 7.87. The Morgan fingerprint density at radius 1 is 1.03 bits per heavy atom. The van der Waals surface area contributed by atoms with Gasteiger partial charge in [0.05, 0.1) is 18.6 Å². The van der Waals surface area contributed by atoms with Crippen molar-refractivity contribution in [3.8, 4) is 5.75 Å². The fourth-order valence-electron chi connectivity index (χ4n) is 4.06. The number of nitrogens with zero attached hydrogens (tertiary/aromatic N) is 2. The number of hydrogen-bond donors (Lipinski definition) is 1. The van der Waals surface area contributed by atoms with Crippen molar-refractivity contribution in [2.24, 2.45) is 0 Å². The Kier molecular flexibility index (Phi) is 6.60. The van der Waals surface area contributed by atoms with E-state index >= 15 is 0 Å². The van der Waals surface area contributed by atoms with Gasteiger partial charge in [0.25, 0.3) is 5.91 Å². The first-order chi connectivity index (χ1) is 16.6. The average Bonchev–Trinajstić information content (AvgIpc) is 3.03. The molecule has 35 heavy (non-hydrogen) atoms. The fraction of sp³-hybridized carbons (Fsp3) is 0.200. The van der Waals surface area contributed by atoms with Gasteiger partial charge in [-0.05, 0) is 60.5 Å². The lowest BCUT2D eigenvalue weighted by Crippen LogP contribution is -2.50. The zero-order valence-electron chi connectivity index (χ0n) is 19.0. The molecule has 1 aliphatic heterocycles. The van der Waals surface area contributed by atoms with E-state index in [-0.39, 0.29) is 22.6 Å². The second-order valence-electron chi connectivity index (χ2n) is 8.04. The number of carboxylic acids is 1. The highest BCUT2D eigenvalue weighted by Crippen LogP contribution is 2.33. The number of amides is 1. The molecule has 0 spiro atoms. The Hall–Kier alpha value is -3.76. The number of sulfonamides is 1. The number of carboxylic acid groups (broad SMARTS) is 1. The van der Waals surface area contributed by atoms with Gasteiger partial charge in [0.15, 0.2) is 0 Å². The number of methoxy groups -OCH3 is 1. The fourth-order valence-corrected chi connectivity index (χ4v) is 5.61. The molecule has 0 aliphatic carbocycles.